The van der Waals surface area contributed by atoms with E-state index in [0.29, 0.717) is 5.89 Å². The van der Waals surface area contributed by atoms with Crippen LogP contribution in [0.15, 0.2) is 4.42 Å². The molecule has 1 aromatic rings. The van der Waals surface area contributed by atoms with Crippen molar-refractivity contribution in [2.75, 3.05) is 11.9 Å². The van der Waals surface area contributed by atoms with Crippen LogP contribution in [0.4, 0.5) is 6.01 Å². The largest absolute Gasteiger partial charge is 0.406 e. The Morgan fingerprint density at radius 3 is 2.50 bits per heavy atom. The Morgan fingerprint density at radius 2 is 1.95 bits per heavy atom. The zero-order valence-electron chi connectivity index (χ0n) is 13.1. The van der Waals surface area contributed by atoms with Crippen molar-refractivity contribution < 1.29 is 9.21 Å². The van der Waals surface area contributed by atoms with E-state index in [9.17, 15) is 4.79 Å². The van der Waals surface area contributed by atoms with E-state index in [-0.39, 0.29) is 23.5 Å². The normalized spacial score (nSPS) is 14.7. The van der Waals surface area contributed by atoms with Crippen LogP contribution in [0.1, 0.15) is 53.5 Å². The summed E-state index contributed by atoms with van der Waals surface area (Å²) in [6.07, 6.45) is 0. The van der Waals surface area contributed by atoms with Crippen molar-refractivity contribution in [1.29, 1.82) is 0 Å². The minimum Gasteiger partial charge on any atom is -0.406 e. The molecule has 2 atom stereocenters. The van der Waals surface area contributed by atoms with Gasteiger partial charge in [0.2, 0.25) is 11.8 Å². The molecule has 1 amide bonds. The highest BCUT2D eigenvalue weighted by Crippen LogP contribution is 2.14. The molecule has 1 rings (SSSR count). The summed E-state index contributed by atoms with van der Waals surface area (Å²) in [6.45, 7) is 12.3. The fourth-order valence-electron chi connectivity index (χ4n) is 1.59. The number of carbonyl (C=O) groups excluding carboxylic acids is 1. The Morgan fingerprint density at radius 1 is 1.30 bits per heavy atom. The highest BCUT2D eigenvalue weighted by molar-refractivity contribution is 5.84. The Bertz CT molecular complexity index is 438. The lowest BCUT2D eigenvalue weighted by Crippen LogP contribution is -2.47. The fourth-order valence-corrected chi connectivity index (χ4v) is 1.59. The molecule has 114 valence electrons. The molecule has 3 N–H and O–H groups in total. The summed E-state index contributed by atoms with van der Waals surface area (Å²) in [4.78, 5) is 11.9. The predicted octanol–water partition coefficient (Wildman–Crippen LogP) is 1.46. The molecule has 1 aromatic heterocycles. The van der Waals surface area contributed by atoms with Crippen LogP contribution in [0.3, 0.4) is 0 Å². The minimum atomic E-state index is -0.447. The zero-order valence-corrected chi connectivity index (χ0v) is 13.1. The first-order valence-corrected chi connectivity index (χ1v) is 6.88. The third-order valence-electron chi connectivity index (χ3n) is 2.55. The van der Waals surface area contributed by atoms with Crippen molar-refractivity contribution in [3.63, 3.8) is 0 Å². The quantitative estimate of drug-likeness (QED) is 0.732. The summed E-state index contributed by atoms with van der Waals surface area (Å²) >= 11 is 0. The zero-order chi connectivity index (χ0) is 15.3. The lowest BCUT2D eigenvalue weighted by Gasteiger charge is -2.23. The van der Waals surface area contributed by atoms with Crippen LogP contribution < -0.4 is 16.0 Å². The van der Waals surface area contributed by atoms with Crippen molar-refractivity contribution in [1.82, 2.24) is 20.8 Å². The van der Waals surface area contributed by atoms with Gasteiger partial charge >= 0.3 is 6.01 Å². The van der Waals surface area contributed by atoms with E-state index < -0.39 is 6.04 Å². The molecule has 0 fully saturated rings. The van der Waals surface area contributed by atoms with E-state index in [1.165, 1.54) is 0 Å². The third kappa shape index (κ3) is 5.16. The molecule has 0 spiro atoms. The summed E-state index contributed by atoms with van der Waals surface area (Å²) < 4.78 is 5.47. The van der Waals surface area contributed by atoms with Gasteiger partial charge in [-0.25, -0.2) is 0 Å². The Labute approximate surface area is 119 Å². The van der Waals surface area contributed by atoms with Gasteiger partial charge in [0.1, 0.15) is 6.04 Å². The number of hydrogen-bond donors (Lipinski definition) is 3. The second-order valence-electron chi connectivity index (χ2n) is 5.83. The highest BCUT2D eigenvalue weighted by atomic mass is 16.4. The Balaban J connectivity index is 2.58. The molecular formula is C13H25N5O2. The maximum Gasteiger partial charge on any atom is 0.316 e. The maximum atomic E-state index is 11.9. The van der Waals surface area contributed by atoms with E-state index >= 15 is 0 Å². The Kier molecular flexibility index (Phi) is 5.50. The van der Waals surface area contributed by atoms with Crippen LogP contribution in [0.5, 0.6) is 0 Å². The lowest BCUT2D eigenvalue weighted by atomic mass is 10.1. The van der Waals surface area contributed by atoms with Gasteiger partial charge in [-0.1, -0.05) is 12.0 Å². The van der Waals surface area contributed by atoms with E-state index in [1.807, 2.05) is 34.6 Å². The fraction of sp³-hybridized carbons (Fsp3) is 0.769. The van der Waals surface area contributed by atoms with Crippen LogP contribution in [-0.4, -0.2) is 34.2 Å². The lowest BCUT2D eigenvalue weighted by molar-refractivity contribution is -0.122. The van der Waals surface area contributed by atoms with Gasteiger partial charge in [0.25, 0.3) is 0 Å². The van der Waals surface area contributed by atoms with Crippen molar-refractivity contribution >= 4 is 11.9 Å². The molecule has 0 saturated carbocycles. The number of amides is 1. The summed E-state index contributed by atoms with van der Waals surface area (Å²) in [5.74, 6) is 0.384. The van der Waals surface area contributed by atoms with Gasteiger partial charge in [0.15, 0.2) is 0 Å². The summed E-state index contributed by atoms with van der Waals surface area (Å²) in [5.41, 5.74) is -0.271. The molecular weight excluding hydrogens is 258 g/mol. The molecule has 20 heavy (non-hydrogen) atoms. The molecule has 7 heteroatoms. The average molecular weight is 283 g/mol. The van der Waals surface area contributed by atoms with Crippen LogP contribution >= 0.6 is 0 Å². The Hall–Kier alpha value is -1.63. The van der Waals surface area contributed by atoms with Crippen molar-refractivity contribution in [2.24, 2.45) is 0 Å². The van der Waals surface area contributed by atoms with Crippen molar-refractivity contribution in [3.05, 3.63) is 5.89 Å². The topological polar surface area (TPSA) is 92.1 Å². The van der Waals surface area contributed by atoms with Crippen LogP contribution in [0.2, 0.25) is 0 Å². The predicted molar refractivity (Wildman–Crippen MR) is 77.4 cm³/mol. The SMILES string of the molecule is CCNC(C)c1nnc(NC(C)C(=O)NC(C)(C)C)o1. The first-order chi connectivity index (χ1) is 9.23. The summed E-state index contributed by atoms with van der Waals surface area (Å²) in [6, 6.07) is -0.208. The molecule has 1 heterocycles. The van der Waals surface area contributed by atoms with Gasteiger partial charge < -0.3 is 20.4 Å². The number of carbonyl (C=O) groups is 1. The van der Waals surface area contributed by atoms with Gasteiger partial charge in [-0.05, 0) is 41.2 Å². The number of rotatable bonds is 6. The average Bonchev–Trinajstić information content (AvgIpc) is 2.75. The standard InChI is InChI=1S/C13H25N5O2/c1-7-14-9(3)11-17-18-12(20-11)15-8(2)10(19)16-13(4,5)6/h8-9,14H,7H2,1-6H3,(H,15,18)(H,16,19). The van der Waals surface area contributed by atoms with Gasteiger partial charge in [-0.3, -0.25) is 4.79 Å². The van der Waals surface area contributed by atoms with Gasteiger partial charge in [-0.15, -0.1) is 5.10 Å². The second kappa shape index (κ2) is 6.69. The number of nitrogens with zero attached hydrogens (tertiary/aromatic N) is 2. The highest BCUT2D eigenvalue weighted by Gasteiger charge is 2.21. The van der Waals surface area contributed by atoms with Crippen molar-refractivity contribution in [3.8, 4) is 0 Å². The molecule has 0 aliphatic rings. The molecule has 7 nitrogen and oxygen atoms in total. The monoisotopic (exact) mass is 283 g/mol. The molecule has 0 aromatic carbocycles. The maximum absolute atomic E-state index is 11.9. The first kappa shape index (κ1) is 16.4. The number of nitrogens with one attached hydrogen (secondary N) is 3. The molecule has 2 unspecified atom stereocenters. The van der Waals surface area contributed by atoms with Crippen LogP contribution in [0, 0.1) is 0 Å². The molecule has 0 radical (unpaired) electrons. The summed E-state index contributed by atoms with van der Waals surface area (Å²) in [5, 5.41) is 16.8. The first-order valence-electron chi connectivity index (χ1n) is 6.88. The van der Waals surface area contributed by atoms with Gasteiger partial charge in [0.05, 0.1) is 6.04 Å². The van der Waals surface area contributed by atoms with Crippen LogP contribution in [-0.2, 0) is 4.79 Å². The minimum absolute atomic E-state index is 0.0123. The second-order valence-corrected chi connectivity index (χ2v) is 5.83. The van der Waals surface area contributed by atoms with E-state index in [2.05, 4.69) is 26.1 Å². The van der Waals surface area contributed by atoms with E-state index in [0.717, 1.165) is 6.54 Å². The molecule has 0 saturated heterocycles. The number of aromatic nitrogens is 2. The summed E-state index contributed by atoms with van der Waals surface area (Å²) in [7, 11) is 0. The van der Waals surface area contributed by atoms with Gasteiger partial charge in [-0.2, -0.15) is 0 Å². The molecule has 0 aliphatic carbocycles. The number of hydrogen-bond acceptors (Lipinski definition) is 6. The molecule has 0 bridgehead atoms. The van der Waals surface area contributed by atoms with E-state index in [4.69, 9.17) is 4.42 Å². The molecule has 0 aliphatic heterocycles. The third-order valence-corrected chi connectivity index (χ3v) is 2.55. The van der Waals surface area contributed by atoms with Crippen LogP contribution in [0.25, 0.3) is 0 Å². The number of anilines is 1. The van der Waals surface area contributed by atoms with E-state index in [1.54, 1.807) is 6.92 Å². The van der Waals surface area contributed by atoms with Gasteiger partial charge in [0, 0.05) is 5.54 Å². The smallest absolute Gasteiger partial charge is 0.316 e. The van der Waals surface area contributed by atoms with Crippen molar-refractivity contribution in [2.45, 2.75) is 59.2 Å².